The van der Waals surface area contributed by atoms with E-state index in [4.69, 9.17) is 10.2 Å². The van der Waals surface area contributed by atoms with Crippen LogP contribution in [0, 0.1) is 6.92 Å². The molecule has 0 aromatic carbocycles. The number of aromatic nitrogens is 1. The molecule has 13 heavy (non-hydrogen) atoms. The highest BCUT2D eigenvalue weighted by Crippen LogP contribution is 2.24. The molecule has 3 nitrogen and oxygen atoms in total. The second kappa shape index (κ2) is 2.94. The molecular weight excluding hydrogens is 164 g/mol. The second-order valence-electron chi connectivity index (χ2n) is 2.96. The number of aryl methyl sites for hydroxylation is 1. The van der Waals surface area contributed by atoms with Crippen LogP contribution in [0.3, 0.4) is 0 Å². The van der Waals surface area contributed by atoms with Gasteiger partial charge >= 0.3 is 0 Å². The van der Waals surface area contributed by atoms with E-state index in [0.717, 1.165) is 16.7 Å². The number of hydrogen-bond acceptors (Lipinski definition) is 3. The highest BCUT2D eigenvalue weighted by Gasteiger charge is 2.04. The molecule has 0 saturated heterocycles. The fourth-order valence-electron chi connectivity index (χ4n) is 1.23. The van der Waals surface area contributed by atoms with E-state index in [1.807, 2.05) is 19.1 Å². The summed E-state index contributed by atoms with van der Waals surface area (Å²) in [5, 5.41) is 0. The molecule has 0 aliphatic heterocycles. The van der Waals surface area contributed by atoms with Gasteiger partial charge in [-0.15, -0.1) is 0 Å². The van der Waals surface area contributed by atoms with E-state index in [1.165, 1.54) is 0 Å². The van der Waals surface area contributed by atoms with Crippen molar-refractivity contribution in [1.29, 1.82) is 0 Å². The Balaban J connectivity index is 2.57. The van der Waals surface area contributed by atoms with Gasteiger partial charge in [-0.3, -0.25) is 0 Å². The first-order chi connectivity index (χ1) is 6.27. The lowest BCUT2D eigenvalue weighted by atomic mass is 10.1. The molecule has 0 aliphatic carbocycles. The van der Waals surface area contributed by atoms with Crippen molar-refractivity contribution in [2.24, 2.45) is 0 Å². The summed E-state index contributed by atoms with van der Waals surface area (Å²) < 4.78 is 4.98. The lowest BCUT2D eigenvalue weighted by Crippen LogP contribution is -1.93. The summed E-state index contributed by atoms with van der Waals surface area (Å²) in [6, 6.07) is 3.86. The van der Waals surface area contributed by atoms with Crippen LogP contribution >= 0.6 is 0 Å². The molecule has 0 bridgehead atoms. The maximum absolute atomic E-state index is 5.73. The maximum Gasteiger partial charge on any atom is 0.131 e. The van der Waals surface area contributed by atoms with Crippen LogP contribution in [0.15, 0.2) is 35.3 Å². The van der Waals surface area contributed by atoms with Crippen LogP contribution < -0.4 is 5.73 Å². The van der Waals surface area contributed by atoms with Crippen molar-refractivity contribution >= 4 is 5.82 Å². The van der Waals surface area contributed by atoms with Gasteiger partial charge in [0.2, 0.25) is 0 Å². The number of nitrogens with two attached hydrogens (primary N) is 1. The predicted molar refractivity (Wildman–Crippen MR) is 51.1 cm³/mol. The van der Waals surface area contributed by atoms with E-state index in [-0.39, 0.29) is 0 Å². The van der Waals surface area contributed by atoms with Gasteiger partial charge in [-0.1, -0.05) is 0 Å². The number of rotatable bonds is 1. The molecule has 66 valence electrons. The third-order valence-electron chi connectivity index (χ3n) is 1.89. The van der Waals surface area contributed by atoms with E-state index >= 15 is 0 Å². The van der Waals surface area contributed by atoms with Crippen LogP contribution in [0.2, 0.25) is 0 Å². The van der Waals surface area contributed by atoms with Crippen molar-refractivity contribution in [2.75, 3.05) is 5.73 Å². The summed E-state index contributed by atoms with van der Waals surface area (Å²) in [6.07, 6.45) is 5.03. The van der Waals surface area contributed by atoms with Crippen LogP contribution in [-0.2, 0) is 0 Å². The van der Waals surface area contributed by atoms with Gasteiger partial charge in [0.05, 0.1) is 12.5 Å². The fourth-order valence-corrected chi connectivity index (χ4v) is 1.23. The Morgan fingerprint density at radius 1 is 1.46 bits per heavy atom. The van der Waals surface area contributed by atoms with Crippen LogP contribution in [0.4, 0.5) is 5.82 Å². The summed E-state index contributed by atoms with van der Waals surface area (Å²) in [4.78, 5) is 4.07. The van der Waals surface area contributed by atoms with E-state index < -0.39 is 0 Å². The summed E-state index contributed by atoms with van der Waals surface area (Å²) >= 11 is 0. The number of hydrogen-bond donors (Lipinski definition) is 1. The van der Waals surface area contributed by atoms with Crippen molar-refractivity contribution in [3.63, 3.8) is 0 Å². The van der Waals surface area contributed by atoms with Crippen LogP contribution in [0.1, 0.15) is 5.56 Å². The minimum absolute atomic E-state index is 0.534. The summed E-state index contributed by atoms with van der Waals surface area (Å²) in [5.41, 5.74) is 8.71. The third-order valence-corrected chi connectivity index (χ3v) is 1.89. The topological polar surface area (TPSA) is 52.0 Å². The first-order valence-electron chi connectivity index (χ1n) is 4.02. The molecule has 0 aliphatic rings. The summed E-state index contributed by atoms with van der Waals surface area (Å²) in [7, 11) is 0. The molecule has 3 heteroatoms. The normalized spacial score (nSPS) is 10.2. The van der Waals surface area contributed by atoms with Gasteiger partial charge in [-0.05, 0) is 24.6 Å². The van der Waals surface area contributed by atoms with Crippen molar-refractivity contribution in [1.82, 2.24) is 4.98 Å². The molecule has 0 amide bonds. The first kappa shape index (κ1) is 7.86. The van der Waals surface area contributed by atoms with Gasteiger partial charge < -0.3 is 10.2 Å². The fraction of sp³-hybridized carbons (Fsp3) is 0.100. The van der Waals surface area contributed by atoms with Crippen LogP contribution in [0.5, 0.6) is 0 Å². The molecule has 0 saturated carbocycles. The summed E-state index contributed by atoms with van der Waals surface area (Å²) in [6.45, 7) is 1.98. The molecule has 2 N–H and O–H groups in total. The maximum atomic E-state index is 5.73. The standard InChI is InChI=1S/C10H10N2O/c1-7-4-9(10(11)12-5-7)8-2-3-13-6-8/h2-6H,1H3,(H2,11,12). The quantitative estimate of drug-likeness (QED) is 0.721. The van der Waals surface area contributed by atoms with Crippen molar-refractivity contribution in [3.05, 3.63) is 36.4 Å². The number of nitrogen functional groups attached to an aromatic ring is 1. The molecular formula is C10H10N2O. The number of nitrogens with zero attached hydrogens (tertiary/aromatic N) is 1. The Morgan fingerprint density at radius 3 is 3.00 bits per heavy atom. The van der Waals surface area contributed by atoms with Gasteiger partial charge in [0.15, 0.2) is 0 Å². The lowest BCUT2D eigenvalue weighted by molar-refractivity contribution is 0.568. The van der Waals surface area contributed by atoms with Crippen molar-refractivity contribution in [3.8, 4) is 11.1 Å². The van der Waals surface area contributed by atoms with E-state index in [0.29, 0.717) is 5.82 Å². The molecule has 2 aromatic rings. The van der Waals surface area contributed by atoms with Gasteiger partial charge in [0.25, 0.3) is 0 Å². The average Bonchev–Trinajstić information content (AvgIpc) is 2.61. The van der Waals surface area contributed by atoms with Crippen molar-refractivity contribution in [2.45, 2.75) is 6.92 Å². The largest absolute Gasteiger partial charge is 0.472 e. The number of anilines is 1. The zero-order valence-corrected chi connectivity index (χ0v) is 7.32. The number of furan rings is 1. The Bertz CT molecular complexity index is 407. The van der Waals surface area contributed by atoms with Gasteiger partial charge in [0, 0.05) is 17.3 Å². The Labute approximate surface area is 76.2 Å². The highest BCUT2D eigenvalue weighted by molar-refractivity contribution is 5.73. The van der Waals surface area contributed by atoms with Crippen LogP contribution in [-0.4, -0.2) is 4.98 Å². The third kappa shape index (κ3) is 1.40. The molecule has 0 spiro atoms. The van der Waals surface area contributed by atoms with Crippen molar-refractivity contribution < 1.29 is 4.42 Å². The van der Waals surface area contributed by atoms with Gasteiger partial charge in [-0.25, -0.2) is 4.98 Å². The zero-order chi connectivity index (χ0) is 9.26. The van der Waals surface area contributed by atoms with Gasteiger partial charge in [-0.2, -0.15) is 0 Å². The smallest absolute Gasteiger partial charge is 0.131 e. The minimum atomic E-state index is 0.534. The monoisotopic (exact) mass is 174 g/mol. The molecule has 2 aromatic heterocycles. The van der Waals surface area contributed by atoms with E-state index in [2.05, 4.69) is 4.98 Å². The van der Waals surface area contributed by atoms with Gasteiger partial charge in [0.1, 0.15) is 5.82 Å². The zero-order valence-electron chi connectivity index (χ0n) is 7.32. The second-order valence-corrected chi connectivity index (χ2v) is 2.96. The summed E-state index contributed by atoms with van der Waals surface area (Å²) in [5.74, 6) is 0.534. The SMILES string of the molecule is Cc1cnc(N)c(-c2ccoc2)c1. The van der Waals surface area contributed by atoms with E-state index in [1.54, 1.807) is 18.7 Å². The first-order valence-corrected chi connectivity index (χ1v) is 4.02. The lowest BCUT2D eigenvalue weighted by Gasteiger charge is -2.02. The average molecular weight is 174 g/mol. The molecule has 2 heterocycles. The Morgan fingerprint density at radius 2 is 2.31 bits per heavy atom. The minimum Gasteiger partial charge on any atom is -0.472 e. The highest BCUT2D eigenvalue weighted by atomic mass is 16.3. The molecule has 0 unspecified atom stereocenters. The predicted octanol–water partition coefficient (Wildman–Crippen LogP) is 2.23. The van der Waals surface area contributed by atoms with E-state index in [9.17, 15) is 0 Å². The molecule has 2 rings (SSSR count). The Kier molecular flexibility index (Phi) is 1.77. The molecule has 0 atom stereocenters. The molecule has 0 radical (unpaired) electrons. The number of pyridine rings is 1. The molecule has 0 fully saturated rings. The Hall–Kier alpha value is -1.77. The van der Waals surface area contributed by atoms with Crippen LogP contribution in [0.25, 0.3) is 11.1 Å².